The molecule has 8 heteroatoms. The van der Waals surface area contributed by atoms with Crippen molar-refractivity contribution in [3.63, 3.8) is 0 Å². The predicted molar refractivity (Wildman–Crippen MR) is 76.8 cm³/mol. The van der Waals surface area contributed by atoms with Gasteiger partial charge in [-0.25, -0.2) is 0 Å². The van der Waals surface area contributed by atoms with E-state index in [1.54, 1.807) is 24.3 Å². The highest BCUT2D eigenvalue weighted by Gasteiger charge is 2.11. The summed E-state index contributed by atoms with van der Waals surface area (Å²) in [5.74, 6) is -2.15. The number of carbonyl (C=O) groups excluding carboxylic acids is 1. The Labute approximate surface area is 121 Å². The van der Waals surface area contributed by atoms with E-state index in [-0.39, 0.29) is 18.9 Å². The van der Waals surface area contributed by atoms with Gasteiger partial charge in [-0.15, -0.1) is 0 Å². The number of hydrogen-bond donors (Lipinski definition) is 5. The lowest BCUT2D eigenvalue weighted by molar-refractivity contribution is -0.138. The maximum atomic E-state index is 11.0. The number of benzene rings is 1. The predicted octanol–water partition coefficient (Wildman–Crippen LogP) is -0.371. The fourth-order valence-electron chi connectivity index (χ4n) is 1.28. The van der Waals surface area contributed by atoms with Gasteiger partial charge in [0.25, 0.3) is 5.97 Å². The van der Waals surface area contributed by atoms with Crippen LogP contribution < -0.4 is 16.8 Å². The fraction of sp³-hybridized carbons (Fsp3) is 0.308. The molecule has 1 amide bonds. The van der Waals surface area contributed by atoms with Crippen LogP contribution in [0.15, 0.2) is 24.3 Å². The molecule has 0 fully saturated rings. The SMILES string of the molecule is CC(=O)O.NCC(=O)Nc1ccc(CC(N)C(=O)O)cc1. The zero-order valence-electron chi connectivity index (χ0n) is 11.6. The molecule has 0 saturated carbocycles. The Morgan fingerprint density at radius 3 is 2.05 bits per heavy atom. The van der Waals surface area contributed by atoms with Crippen molar-refractivity contribution in [1.82, 2.24) is 0 Å². The molecule has 1 unspecified atom stereocenters. The lowest BCUT2D eigenvalue weighted by Gasteiger charge is -2.08. The van der Waals surface area contributed by atoms with Gasteiger partial charge >= 0.3 is 5.97 Å². The molecule has 0 heterocycles. The van der Waals surface area contributed by atoms with Crippen LogP contribution in [0.4, 0.5) is 5.69 Å². The molecule has 1 aromatic rings. The number of nitrogens with two attached hydrogens (primary N) is 2. The molecule has 0 bridgehead atoms. The van der Waals surface area contributed by atoms with E-state index < -0.39 is 18.0 Å². The van der Waals surface area contributed by atoms with Gasteiger partial charge in [0.15, 0.2) is 0 Å². The smallest absolute Gasteiger partial charge is 0.320 e. The van der Waals surface area contributed by atoms with Gasteiger partial charge in [-0.1, -0.05) is 12.1 Å². The molecular formula is C13H19N3O5. The number of rotatable bonds is 5. The summed E-state index contributed by atoms with van der Waals surface area (Å²) >= 11 is 0. The van der Waals surface area contributed by atoms with E-state index in [0.29, 0.717) is 5.69 Å². The van der Waals surface area contributed by atoms with Crippen LogP contribution in [0.25, 0.3) is 0 Å². The summed E-state index contributed by atoms with van der Waals surface area (Å²) in [7, 11) is 0. The molecule has 21 heavy (non-hydrogen) atoms. The lowest BCUT2D eigenvalue weighted by Crippen LogP contribution is -2.32. The molecule has 1 rings (SSSR count). The van der Waals surface area contributed by atoms with Gasteiger partial charge in [0, 0.05) is 12.6 Å². The Kier molecular flexibility index (Phi) is 8.35. The van der Waals surface area contributed by atoms with Crippen LogP contribution in [0, 0.1) is 0 Å². The molecular weight excluding hydrogens is 278 g/mol. The van der Waals surface area contributed by atoms with Crippen molar-refractivity contribution < 1.29 is 24.6 Å². The fourth-order valence-corrected chi connectivity index (χ4v) is 1.28. The first-order valence-electron chi connectivity index (χ1n) is 6.03. The van der Waals surface area contributed by atoms with Gasteiger partial charge in [-0.2, -0.15) is 0 Å². The Balaban J connectivity index is 0.000000885. The molecule has 1 aromatic carbocycles. The van der Waals surface area contributed by atoms with Gasteiger partial charge in [0.1, 0.15) is 6.04 Å². The third-order valence-electron chi connectivity index (χ3n) is 2.20. The van der Waals surface area contributed by atoms with Gasteiger partial charge in [0.05, 0.1) is 6.54 Å². The molecule has 8 nitrogen and oxygen atoms in total. The molecule has 0 aliphatic carbocycles. The molecule has 116 valence electrons. The van der Waals surface area contributed by atoms with Crippen molar-refractivity contribution in [2.24, 2.45) is 11.5 Å². The van der Waals surface area contributed by atoms with Crippen LogP contribution in [-0.4, -0.2) is 40.6 Å². The van der Waals surface area contributed by atoms with E-state index in [2.05, 4.69) is 5.32 Å². The number of anilines is 1. The first kappa shape index (κ1) is 18.6. The van der Waals surface area contributed by atoms with E-state index in [1.807, 2.05) is 0 Å². The zero-order valence-corrected chi connectivity index (χ0v) is 11.6. The van der Waals surface area contributed by atoms with E-state index in [0.717, 1.165) is 12.5 Å². The summed E-state index contributed by atoms with van der Waals surface area (Å²) < 4.78 is 0. The van der Waals surface area contributed by atoms with E-state index in [1.165, 1.54) is 0 Å². The molecule has 0 saturated heterocycles. The van der Waals surface area contributed by atoms with Gasteiger partial charge < -0.3 is 27.0 Å². The minimum atomic E-state index is -1.04. The first-order valence-corrected chi connectivity index (χ1v) is 6.03. The number of carboxylic acids is 2. The quantitative estimate of drug-likeness (QED) is 0.496. The van der Waals surface area contributed by atoms with Gasteiger partial charge in [0.2, 0.25) is 5.91 Å². The van der Waals surface area contributed by atoms with E-state index >= 15 is 0 Å². The molecule has 0 radical (unpaired) electrons. The summed E-state index contributed by atoms with van der Waals surface area (Å²) in [4.78, 5) is 30.6. The Bertz CT molecular complexity index is 483. The third-order valence-corrected chi connectivity index (χ3v) is 2.20. The normalized spacial score (nSPS) is 10.8. The third kappa shape index (κ3) is 9.14. The maximum absolute atomic E-state index is 11.0. The minimum absolute atomic E-state index is 0.0777. The van der Waals surface area contributed by atoms with Crippen molar-refractivity contribution in [2.45, 2.75) is 19.4 Å². The summed E-state index contributed by atoms with van der Waals surface area (Å²) in [6.07, 6.45) is 0.250. The average Bonchev–Trinajstić information content (AvgIpc) is 2.40. The van der Waals surface area contributed by atoms with Crippen LogP contribution in [0.5, 0.6) is 0 Å². The van der Waals surface area contributed by atoms with Crippen LogP contribution in [0.2, 0.25) is 0 Å². The summed E-state index contributed by atoms with van der Waals surface area (Å²) in [5.41, 5.74) is 12.0. The second-order valence-corrected chi connectivity index (χ2v) is 4.12. The monoisotopic (exact) mass is 297 g/mol. The van der Waals surface area contributed by atoms with Crippen molar-refractivity contribution in [3.05, 3.63) is 29.8 Å². The minimum Gasteiger partial charge on any atom is -0.481 e. The van der Waals surface area contributed by atoms with Crippen molar-refractivity contribution in [3.8, 4) is 0 Å². The number of aliphatic carboxylic acids is 2. The van der Waals surface area contributed by atoms with E-state index in [9.17, 15) is 9.59 Å². The number of carboxylic acid groups (broad SMARTS) is 2. The van der Waals surface area contributed by atoms with Crippen LogP contribution in [-0.2, 0) is 20.8 Å². The van der Waals surface area contributed by atoms with Crippen molar-refractivity contribution in [2.75, 3.05) is 11.9 Å². The van der Waals surface area contributed by atoms with E-state index in [4.69, 9.17) is 26.5 Å². The zero-order chi connectivity index (χ0) is 16.4. The maximum Gasteiger partial charge on any atom is 0.320 e. The largest absolute Gasteiger partial charge is 0.481 e. The molecule has 7 N–H and O–H groups in total. The highest BCUT2D eigenvalue weighted by Crippen LogP contribution is 2.10. The number of amides is 1. The van der Waals surface area contributed by atoms with Crippen LogP contribution in [0.1, 0.15) is 12.5 Å². The Morgan fingerprint density at radius 1 is 1.19 bits per heavy atom. The number of nitrogens with one attached hydrogen (secondary N) is 1. The van der Waals surface area contributed by atoms with Crippen LogP contribution >= 0.6 is 0 Å². The lowest BCUT2D eigenvalue weighted by atomic mass is 10.1. The standard InChI is InChI=1S/C11H15N3O3.C2H4O2/c12-6-10(15)14-8-3-1-7(2-4-8)5-9(13)11(16)17;1-2(3)4/h1-4,9H,5-6,12-13H2,(H,14,15)(H,16,17);1H3,(H,3,4). The molecule has 0 aromatic heterocycles. The molecule has 1 atom stereocenters. The second-order valence-electron chi connectivity index (χ2n) is 4.12. The highest BCUT2D eigenvalue weighted by atomic mass is 16.4. The van der Waals surface area contributed by atoms with Crippen LogP contribution in [0.3, 0.4) is 0 Å². The Hall–Kier alpha value is -2.45. The summed E-state index contributed by atoms with van der Waals surface area (Å²) in [6, 6.07) is 5.87. The topological polar surface area (TPSA) is 156 Å². The van der Waals surface area contributed by atoms with Crippen molar-refractivity contribution in [1.29, 1.82) is 0 Å². The van der Waals surface area contributed by atoms with Gasteiger partial charge in [-0.05, 0) is 24.1 Å². The van der Waals surface area contributed by atoms with Gasteiger partial charge in [-0.3, -0.25) is 14.4 Å². The summed E-state index contributed by atoms with van der Waals surface area (Å²) in [6.45, 7) is 1.01. The molecule has 0 spiro atoms. The number of hydrogen-bond acceptors (Lipinski definition) is 5. The second kappa shape index (κ2) is 9.45. The van der Waals surface area contributed by atoms with Crippen molar-refractivity contribution >= 4 is 23.5 Å². The summed E-state index contributed by atoms with van der Waals surface area (Å²) in [5, 5.41) is 18.7. The highest BCUT2D eigenvalue weighted by molar-refractivity contribution is 5.92. The number of carbonyl (C=O) groups is 3. The Morgan fingerprint density at radius 2 is 1.67 bits per heavy atom. The molecule has 0 aliphatic rings. The molecule has 0 aliphatic heterocycles. The first-order chi connectivity index (χ1) is 9.76. The average molecular weight is 297 g/mol.